The third kappa shape index (κ3) is 1.72. The van der Waals surface area contributed by atoms with Gasteiger partial charge in [-0.15, -0.1) is 0 Å². The molecule has 14 heavy (non-hydrogen) atoms. The smallest absolute Gasteiger partial charge is 0.239 e. The predicted molar refractivity (Wildman–Crippen MR) is 50.0 cm³/mol. The minimum absolute atomic E-state index is 0.00986. The Morgan fingerprint density at radius 3 is 3.07 bits per heavy atom. The summed E-state index contributed by atoms with van der Waals surface area (Å²) in [5.41, 5.74) is 6.40. The molecule has 0 aliphatic carbocycles. The third-order valence-corrected chi connectivity index (χ3v) is 2.32. The summed E-state index contributed by atoms with van der Waals surface area (Å²) in [6.07, 6.45) is 2.35. The molecule has 0 radical (unpaired) electrons. The third-order valence-electron chi connectivity index (χ3n) is 2.32. The number of rotatable bonds is 2. The van der Waals surface area contributed by atoms with E-state index >= 15 is 0 Å². The maximum absolute atomic E-state index is 11.5. The van der Waals surface area contributed by atoms with Gasteiger partial charge < -0.3 is 10.6 Å². The summed E-state index contributed by atoms with van der Waals surface area (Å²) in [6, 6.07) is 3.33. The Kier molecular flexibility index (Phi) is 2.41. The molecule has 1 aliphatic rings. The molecule has 2 N–H and O–H groups in total. The number of carbonyl (C=O) groups is 1. The lowest BCUT2D eigenvalue weighted by Gasteiger charge is -2.14. The number of aromatic nitrogens is 2. The van der Waals surface area contributed by atoms with E-state index in [0.717, 1.165) is 18.7 Å². The number of nitrogens with zero attached hydrogens (tertiary/aromatic N) is 3. The number of amides is 1. The van der Waals surface area contributed by atoms with Crippen LogP contribution in [0.5, 0.6) is 0 Å². The molecule has 1 fully saturated rings. The van der Waals surface area contributed by atoms with E-state index in [-0.39, 0.29) is 11.9 Å². The molecular formula is C9H12N4O. The molecule has 0 spiro atoms. The van der Waals surface area contributed by atoms with E-state index in [1.165, 1.54) is 0 Å². The zero-order chi connectivity index (χ0) is 9.97. The SMILES string of the molecule is NC1CCN(Cc2cccnn2)C1=O. The highest BCUT2D eigenvalue weighted by molar-refractivity contribution is 5.83. The summed E-state index contributed by atoms with van der Waals surface area (Å²) in [7, 11) is 0. The Morgan fingerprint density at radius 1 is 1.64 bits per heavy atom. The van der Waals surface area contributed by atoms with Crippen molar-refractivity contribution in [1.82, 2.24) is 15.1 Å². The number of hydrogen-bond donors (Lipinski definition) is 1. The second-order valence-corrected chi connectivity index (χ2v) is 3.37. The lowest BCUT2D eigenvalue weighted by molar-refractivity contribution is -0.129. The van der Waals surface area contributed by atoms with Crippen molar-refractivity contribution in [3.8, 4) is 0 Å². The highest BCUT2D eigenvalue weighted by atomic mass is 16.2. The van der Waals surface area contributed by atoms with Crippen molar-refractivity contribution in [1.29, 1.82) is 0 Å². The molecule has 1 saturated heterocycles. The van der Waals surface area contributed by atoms with Crippen LogP contribution in [0.4, 0.5) is 0 Å². The van der Waals surface area contributed by atoms with Gasteiger partial charge in [0.25, 0.3) is 0 Å². The molecule has 0 saturated carbocycles. The first kappa shape index (κ1) is 9.08. The number of nitrogens with two attached hydrogens (primary N) is 1. The molecule has 1 unspecified atom stereocenters. The quantitative estimate of drug-likeness (QED) is 0.688. The molecule has 1 aromatic rings. The van der Waals surface area contributed by atoms with Crippen LogP contribution >= 0.6 is 0 Å². The minimum Gasteiger partial charge on any atom is -0.335 e. The summed E-state index contributed by atoms with van der Waals surface area (Å²) >= 11 is 0. The number of hydrogen-bond acceptors (Lipinski definition) is 4. The van der Waals surface area contributed by atoms with Crippen LogP contribution in [0.2, 0.25) is 0 Å². The average molecular weight is 192 g/mol. The van der Waals surface area contributed by atoms with Crippen molar-refractivity contribution >= 4 is 5.91 Å². The first-order chi connectivity index (χ1) is 6.77. The highest BCUT2D eigenvalue weighted by Gasteiger charge is 2.28. The summed E-state index contributed by atoms with van der Waals surface area (Å²) in [5.74, 6) is 0.00986. The van der Waals surface area contributed by atoms with Crippen molar-refractivity contribution in [3.63, 3.8) is 0 Å². The molecule has 5 heteroatoms. The van der Waals surface area contributed by atoms with Gasteiger partial charge in [-0.2, -0.15) is 10.2 Å². The highest BCUT2D eigenvalue weighted by Crippen LogP contribution is 2.11. The first-order valence-electron chi connectivity index (χ1n) is 4.58. The van der Waals surface area contributed by atoms with Gasteiger partial charge in [-0.3, -0.25) is 4.79 Å². The van der Waals surface area contributed by atoms with Crippen LogP contribution in [0.25, 0.3) is 0 Å². The molecule has 1 aromatic heterocycles. The maximum Gasteiger partial charge on any atom is 0.239 e. The van der Waals surface area contributed by atoms with Crippen molar-refractivity contribution in [2.45, 2.75) is 19.0 Å². The summed E-state index contributed by atoms with van der Waals surface area (Å²) in [5, 5.41) is 7.67. The van der Waals surface area contributed by atoms with Crippen LogP contribution in [0.15, 0.2) is 18.3 Å². The van der Waals surface area contributed by atoms with Crippen LogP contribution in [0.3, 0.4) is 0 Å². The minimum atomic E-state index is -0.327. The lowest BCUT2D eigenvalue weighted by Crippen LogP contribution is -2.33. The fraction of sp³-hybridized carbons (Fsp3) is 0.444. The zero-order valence-electron chi connectivity index (χ0n) is 7.76. The Bertz CT molecular complexity index is 327. The van der Waals surface area contributed by atoms with Crippen molar-refractivity contribution < 1.29 is 4.79 Å². The van der Waals surface area contributed by atoms with Gasteiger partial charge in [0, 0.05) is 12.7 Å². The van der Waals surface area contributed by atoms with Crippen LogP contribution in [-0.4, -0.2) is 33.6 Å². The largest absolute Gasteiger partial charge is 0.335 e. The molecule has 0 aromatic carbocycles. The normalized spacial score (nSPS) is 21.6. The van der Waals surface area contributed by atoms with Crippen molar-refractivity contribution in [2.75, 3.05) is 6.54 Å². The zero-order valence-corrected chi connectivity index (χ0v) is 7.76. The predicted octanol–water partition coefficient (Wildman–Crippen LogP) is -0.464. The first-order valence-corrected chi connectivity index (χ1v) is 4.58. The van der Waals surface area contributed by atoms with E-state index in [4.69, 9.17) is 5.73 Å². The van der Waals surface area contributed by atoms with E-state index < -0.39 is 0 Å². The van der Waals surface area contributed by atoms with Crippen LogP contribution in [0, 0.1) is 0 Å². The Balaban J connectivity index is 2.02. The van der Waals surface area contributed by atoms with E-state index in [9.17, 15) is 4.79 Å². The second-order valence-electron chi connectivity index (χ2n) is 3.37. The van der Waals surface area contributed by atoms with E-state index in [1.807, 2.05) is 12.1 Å². The average Bonchev–Trinajstić information content (AvgIpc) is 2.52. The molecule has 1 amide bonds. The van der Waals surface area contributed by atoms with Gasteiger partial charge in [0.15, 0.2) is 0 Å². The van der Waals surface area contributed by atoms with Gasteiger partial charge in [0.1, 0.15) is 0 Å². The Labute approximate surface area is 81.9 Å². The van der Waals surface area contributed by atoms with Gasteiger partial charge in [0.2, 0.25) is 5.91 Å². The number of likely N-dealkylation sites (tertiary alicyclic amines) is 1. The van der Waals surface area contributed by atoms with Gasteiger partial charge in [-0.05, 0) is 18.6 Å². The Morgan fingerprint density at radius 2 is 2.50 bits per heavy atom. The molecule has 5 nitrogen and oxygen atoms in total. The summed E-state index contributed by atoms with van der Waals surface area (Å²) < 4.78 is 0. The molecule has 0 bridgehead atoms. The molecule has 2 heterocycles. The van der Waals surface area contributed by atoms with Crippen molar-refractivity contribution in [2.24, 2.45) is 5.73 Å². The van der Waals surface area contributed by atoms with Crippen molar-refractivity contribution in [3.05, 3.63) is 24.0 Å². The molecule has 74 valence electrons. The molecule has 1 aliphatic heterocycles. The Hall–Kier alpha value is -1.49. The summed E-state index contributed by atoms with van der Waals surface area (Å²) in [4.78, 5) is 13.2. The topological polar surface area (TPSA) is 72.1 Å². The van der Waals surface area contributed by atoms with Gasteiger partial charge in [0.05, 0.1) is 18.3 Å². The standard InChI is InChI=1S/C9H12N4O/c10-8-3-5-13(9(8)14)6-7-2-1-4-11-12-7/h1-2,4,8H,3,5-6,10H2. The fourth-order valence-electron chi connectivity index (χ4n) is 1.53. The summed E-state index contributed by atoms with van der Waals surface area (Å²) in [6.45, 7) is 1.23. The molecule has 2 rings (SSSR count). The molecular weight excluding hydrogens is 180 g/mol. The van der Waals surface area contributed by atoms with E-state index in [0.29, 0.717) is 6.54 Å². The lowest BCUT2D eigenvalue weighted by atomic mass is 10.3. The fourth-order valence-corrected chi connectivity index (χ4v) is 1.53. The number of carbonyl (C=O) groups excluding carboxylic acids is 1. The van der Waals surface area contributed by atoms with Gasteiger partial charge in [-0.1, -0.05) is 0 Å². The van der Waals surface area contributed by atoms with Crippen LogP contribution in [0.1, 0.15) is 12.1 Å². The van der Waals surface area contributed by atoms with Gasteiger partial charge in [-0.25, -0.2) is 0 Å². The van der Waals surface area contributed by atoms with E-state index in [2.05, 4.69) is 10.2 Å². The van der Waals surface area contributed by atoms with Gasteiger partial charge >= 0.3 is 0 Å². The second kappa shape index (κ2) is 3.71. The van der Waals surface area contributed by atoms with Crippen LogP contribution < -0.4 is 5.73 Å². The van der Waals surface area contributed by atoms with Crippen LogP contribution in [-0.2, 0) is 11.3 Å². The molecule has 1 atom stereocenters. The monoisotopic (exact) mass is 192 g/mol. The maximum atomic E-state index is 11.5. The van der Waals surface area contributed by atoms with E-state index in [1.54, 1.807) is 11.1 Å².